The van der Waals surface area contributed by atoms with Gasteiger partial charge >= 0.3 is 0 Å². The number of aromatic nitrogens is 3. The molecule has 1 aromatic carbocycles. The zero-order valence-electron chi connectivity index (χ0n) is 15.1. The number of nitrogens with one attached hydrogen (secondary N) is 2. The van der Waals surface area contributed by atoms with E-state index in [0.717, 1.165) is 17.0 Å². The Balaban J connectivity index is 1.84. The summed E-state index contributed by atoms with van der Waals surface area (Å²) in [5, 5.41) is 7.38. The molecule has 26 heavy (non-hydrogen) atoms. The molecule has 2 N–H and O–H groups in total. The minimum absolute atomic E-state index is 0.138. The normalized spacial score (nSPS) is 12.0. The standard InChI is InChI=1S/C20H22N4O2/c1-4-16-15(10-11-19(25)21-16)20(26)24(3)13(2)17-12-18(23-22-17)14-8-6-5-7-9-14/h5-13H,4H2,1-3H3,(H,21,25)(H,22,23). The van der Waals surface area contributed by atoms with Crippen LogP contribution >= 0.6 is 0 Å². The Morgan fingerprint density at radius 2 is 1.92 bits per heavy atom. The van der Waals surface area contributed by atoms with Crippen molar-refractivity contribution in [3.05, 3.63) is 75.8 Å². The maximum Gasteiger partial charge on any atom is 0.255 e. The van der Waals surface area contributed by atoms with Crippen molar-refractivity contribution in [1.82, 2.24) is 20.1 Å². The molecule has 3 rings (SSSR count). The van der Waals surface area contributed by atoms with Gasteiger partial charge in [0.1, 0.15) is 0 Å². The molecule has 0 aliphatic carbocycles. The van der Waals surface area contributed by atoms with Crippen molar-refractivity contribution >= 4 is 5.91 Å². The highest BCUT2D eigenvalue weighted by molar-refractivity contribution is 5.95. The molecule has 3 aromatic rings. The predicted molar refractivity (Wildman–Crippen MR) is 101 cm³/mol. The van der Waals surface area contributed by atoms with E-state index in [4.69, 9.17) is 0 Å². The molecule has 0 spiro atoms. The Labute approximate surface area is 151 Å². The zero-order valence-corrected chi connectivity index (χ0v) is 15.1. The molecule has 0 aliphatic rings. The lowest BCUT2D eigenvalue weighted by Gasteiger charge is -2.24. The lowest BCUT2D eigenvalue weighted by molar-refractivity contribution is 0.0738. The number of carbonyl (C=O) groups is 1. The molecule has 6 nitrogen and oxygen atoms in total. The van der Waals surface area contributed by atoms with Gasteiger partial charge in [-0.2, -0.15) is 5.10 Å². The molecular formula is C20H22N4O2. The third kappa shape index (κ3) is 3.44. The van der Waals surface area contributed by atoms with Gasteiger partial charge in [0.2, 0.25) is 5.56 Å². The maximum absolute atomic E-state index is 12.9. The number of hydrogen-bond donors (Lipinski definition) is 2. The van der Waals surface area contributed by atoms with Gasteiger partial charge in [-0.3, -0.25) is 14.7 Å². The Morgan fingerprint density at radius 1 is 1.19 bits per heavy atom. The van der Waals surface area contributed by atoms with Gasteiger partial charge in [-0.25, -0.2) is 0 Å². The lowest BCUT2D eigenvalue weighted by Crippen LogP contribution is -2.31. The number of aryl methyl sites for hydroxylation is 1. The van der Waals surface area contributed by atoms with Gasteiger partial charge in [0.25, 0.3) is 5.91 Å². The molecule has 2 heterocycles. The largest absolute Gasteiger partial charge is 0.333 e. The second-order valence-electron chi connectivity index (χ2n) is 6.23. The van der Waals surface area contributed by atoms with Crippen LogP contribution in [0.15, 0.2) is 53.3 Å². The Morgan fingerprint density at radius 3 is 2.62 bits per heavy atom. The minimum Gasteiger partial charge on any atom is -0.333 e. The quantitative estimate of drug-likeness (QED) is 0.741. The summed E-state index contributed by atoms with van der Waals surface area (Å²) < 4.78 is 0. The molecule has 134 valence electrons. The highest BCUT2D eigenvalue weighted by Crippen LogP contribution is 2.24. The van der Waals surface area contributed by atoms with E-state index in [1.54, 1.807) is 18.0 Å². The van der Waals surface area contributed by atoms with Crippen LogP contribution in [0.5, 0.6) is 0 Å². The number of amides is 1. The number of H-pyrrole nitrogens is 2. The van der Waals surface area contributed by atoms with Crippen molar-refractivity contribution in [3.8, 4) is 11.3 Å². The van der Waals surface area contributed by atoms with Crippen LogP contribution in [0.2, 0.25) is 0 Å². The molecule has 1 atom stereocenters. The zero-order chi connectivity index (χ0) is 18.7. The molecule has 0 aliphatic heterocycles. The Bertz CT molecular complexity index is 959. The molecule has 0 saturated heterocycles. The summed E-state index contributed by atoms with van der Waals surface area (Å²) in [6, 6.07) is 14.6. The molecule has 1 unspecified atom stereocenters. The highest BCUT2D eigenvalue weighted by Gasteiger charge is 2.22. The first-order valence-corrected chi connectivity index (χ1v) is 8.61. The summed E-state index contributed by atoms with van der Waals surface area (Å²) in [6.07, 6.45) is 0.585. The van der Waals surface area contributed by atoms with Gasteiger partial charge in [0, 0.05) is 24.4 Å². The average molecular weight is 350 g/mol. The van der Waals surface area contributed by atoms with Crippen LogP contribution in [0.1, 0.15) is 41.6 Å². The van der Waals surface area contributed by atoms with Crippen LogP contribution in [-0.4, -0.2) is 33.0 Å². The first kappa shape index (κ1) is 17.7. The lowest BCUT2D eigenvalue weighted by atomic mass is 10.1. The number of hydrogen-bond acceptors (Lipinski definition) is 3. The number of rotatable bonds is 5. The monoisotopic (exact) mass is 350 g/mol. The highest BCUT2D eigenvalue weighted by atomic mass is 16.2. The number of carbonyl (C=O) groups excluding carboxylic acids is 1. The second-order valence-corrected chi connectivity index (χ2v) is 6.23. The van der Waals surface area contributed by atoms with Crippen LogP contribution in [0.3, 0.4) is 0 Å². The summed E-state index contributed by atoms with van der Waals surface area (Å²) in [7, 11) is 1.75. The van der Waals surface area contributed by atoms with Crippen molar-refractivity contribution in [3.63, 3.8) is 0 Å². The van der Waals surface area contributed by atoms with E-state index in [-0.39, 0.29) is 17.5 Å². The third-order valence-corrected chi connectivity index (χ3v) is 4.60. The SMILES string of the molecule is CCc1[nH]c(=O)ccc1C(=O)N(C)C(C)c1cc(-c2ccccc2)n[nH]1. The summed E-state index contributed by atoms with van der Waals surface area (Å²) in [4.78, 5) is 28.8. The fourth-order valence-corrected chi connectivity index (χ4v) is 2.88. The smallest absolute Gasteiger partial charge is 0.255 e. The number of benzene rings is 1. The van der Waals surface area contributed by atoms with E-state index in [1.807, 2.05) is 50.2 Å². The first-order chi connectivity index (χ1) is 12.5. The first-order valence-electron chi connectivity index (χ1n) is 8.61. The van der Waals surface area contributed by atoms with Gasteiger partial charge in [-0.05, 0) is 25.5 Å². The summed E-state index contributed by atoms with van der Waals surface area (Å²) in [5.74, 6) is -0.138. The molecule has 0 bridgehead atoms. The molecule has 6 heteroatoms. The van der Waals surface area contributed by atoms with E-state index in [1.165, 1.54) is 6.07 Å². The van der Waals surface area contributed by atoms with Crippen LogP contribution in [0, 0.1) is 0 Å². The number of nitrogens with zero attached hydrogens (tertiary/aromatic N) is 2. The van der Waals surface area contributed by atoms with Crippen molar-refractivity contribution < 1.29 is 4.79 Å². The fourth-order valence-electron chi connectivity index (χ4n) is 2.88. The average Bonchev–Trinajstić information content (AvgIpc) is 3.17. The number of pyridine rings is 1. The van der Waals surface area contributed by atoms with Gasteiger partial charge in [0.15, 0.2) is 0 Å². The third-order valence-electron chi connectivity index (χ3n) is 4.60. The molecular weight excluding hydrogens is 328 g/mol. The van der Waals surface area contributed by atoms with Crippen molar-refractivity contribution in [2.75, 3.05) is 7.05 Å². The predicted octanol–water partition coefficient (Wildman–Crippen LogP) is 3.16. The van der Waals surface area contributed by atoms with E-state index in [0.29, 0.717) is 17.7 Å². The molecule has 1 amide bonds. The van der Waals surface area contributed by atoms with E-state index in [9.17, 15) is 9.59 Å². The number of aromatic amines is 2. The topological polar surface area (TPSA) is 81.8 Å². The van der Waals surface area contributed by atoms with E-state index < -0.39 is 0 Å². The van der Waals surface area contributed by atoms with Crippen molar-refractivity contribution in [2.45, 2.75) is 26.3 Å². The Hall–Kier alpha value is -3.15. The molecule has 0 radical (unpaired) electrons. The van der Waals surface area contributed by atoms with Crippen molar-refractivity contribution in [1.29, 1.82) is 0 Å². The van der Waals surface area contributed by atoms with Crippen LogP contribution in [-0.2, 0) is 6.42 Å². The van der Waals surface area contributed by atoms with E-state index in [2.05, 4.69) is 15.2 Å². The second kappa shape index (κ2) is 7.39. The van der Waals surface area contributed by atoms with Gasteiger partial charge < -0.3 is 9.88 Å². The van der Waals surface area contributed by atoms with Gasteiger partial charge in [-0.15, -0.1) is 0 Å². The van der Waals surface area contributed by atoms with E-state index >= 15 is 0 Å². The minimum atomic E-state index is -0.199. The summed E-state index contributed by atoms with van der Waals surface area (Å²) >= 11 is 0. The van der Waals surface area contributed by atoms with Gasteiger partial charge in [-0.1, -0.05) is 37.3 Å². The fraction of sp³-hybridized carbons (Fsp3) is 0.250. The molecule has 0 fully saturated rings. The van der Waals surface area contributed by atoms with Crippen LogP contribution < -0.4 is 5.56 Å². The summed E-state index contributed by atoms with van der Waals surface area (Å²) in [6.45, 7) is 3.85. The Kier molecular flexibility index (Phi) is 5.02. The van der Waals surface area contributed by atoms with Crippen LogP contribution in [0.25, 0.3) is 11.3 Å². The molecule has 0 saturated carbocycles. The van der Waals surface area contributed by atoms with Crippen LogP contribution in [0.4, 0.5) is 0 Å². The summed E-state index contributed by atoms with van der Waals surface area (Å²) in [5.41, 5.74) is 3.68. The maximum atomic E-state index is 12.9. The van der Waals surface area contributed by atoms with Gasteiger partial charge in [0.05, 0.1) is 23.0 Å². The van der Waals surface area contributed by atoms with Crippen molar-refractivity contribution in [2.24, 2.45) is 0 Å². The molecule has 2 aromatic heterocycles.